The average Bonchev–Trinajstić information content (AvgIpc) is 3.49. The first-order valence-corrected chi connectivity index (χ1v) is 18.9. The highest BCUT2D eigenvalue weighted by molar-refractivity contribution is 6.28. The van der Waals surface area contributed by atoms with E-state index in [1.807, 2.05) is 0 Å². The quantitative estimate of drug-likeness (QED) is 0.128. The van der Waals surface area contributed by atoms with Gasteiger partial charge in [0.25, 0.3) is 0 Å². The second-order valence-corrected chi connectivity index (χ2v) is 14.9. The molecule has 0 fully saturated rings. The Morgan fingerprint density at radius 1 is 0.315 bits per heavy atom. The first-order valence-electron chi connectivity index (χ1n) is 18.9. The SMILES string of the molecule is CC1(c2ccccc2)c2cc(-c3c4ccccc4c(-c4ccccc4-c4ccccc4)c4ccc5ccccc5c34)ccc2-c2cc3ccccc3cc21. The predicted octanol–water partition coefficient (Wildman–Crippen LogP) is 14.6. The van der Waals surface area contributed by atoms with Gasteiger partial charge in [0, 0.05) is 5.41 Å². The third kappa shape index (κ3) is 4.44. The van der Waals surface area contributed by atoms with Gasteiger partial charge in [-0.3, -0.25) is 0 Å². The van der Waals surface area contributed by atoms with Crippen molar-refractivity contribution < 1.29 is 0 Å². The second kappa shape index (κ2) is 11.9. The van der Waals surface area contributed by atoms with Gasteiger partial charge in [-0.25, -0.2) is 0 Å². The summed E-state index contributed by atoms with van der Waals surface area (Å²) in [5, 5.41) is 10.2. The minimum absolute atomic E-state index is 0.325. The van der Waals surface area contributed by atoms with E-state index in [1.54, 1.807) is 0 Å². The predicted molar refractivity (Wildman–Crippen MR) is 230 cm³/mol. The molecule has 0 nitrogen and oxygen atoms in total. The minimum atomic E-state index is -0.325. The third-order valence-electron chi connectivity index (χ3n) is 12.1. The Labute approximate surface area is 315 Å². The number of rotatable bonds is 4. The summed E-state index contributed by atoms with van der Waals surface area (Å²) >= 11 is 0. The Bertz CT molecular complexity index is 3100. The molecule has 0 heteroatoms. The van der Waals surface area contributed by atoms with Crippen LogP contribution in [0.3, 0.4) is 0 Å². The normalized spacial score (nSPS) is 14.8. The van der Waals surface area contributed by atoms with Gasteiger partial charge in [-0.05, 0) is 129 Å². The van der Waals surface area contributed by atoms with Crippen LogP contribution in [0.2, 0.25) is 0 Å². The van der Waals surface area contributed by atoms with Crippen LogP contribution in [-0.4, -0.2) is 0 Å². The lowest BCUT2D eigenvalue weighted by atomic mass is 9.73. The highest BCUT2D eigenvalue weighted by Crippen LogP contribution is 2.55. The minimum Gasteiger partial charge on any atom is -0.0622 e. The smallest absolute Gasteiger partial charge is 0.0435 e. The van der Waals surface area contributed by atoms with Crippen LogP contribution >= 0.6 is 0 Å². The molecule has 1 atom stereocenters. The molecule has 0 radical (unpaired) electrons. The van der Waals surface area contributed by atoms with Gasteiger partial charge in [0.15, 0.2) is 0 Å². The molecule has 10 aromatic carbocycles. The molecule has 0 saturated carbocycles. The van der Waals surface area contributed by atoms with Crippen LogP contribution in [-0.2, 0) is 5.41 Å². The number of hydrogen-bond acceptors (Lipinski definition) is 0. The van der Waals surface area contributed by atoms with E-state index >= 15 is 0 Å². The van der Waals surface area contributed by atoms with Gasteiger partial charge in [0.2, 0.25) is 0 Å². The van der Waals surface area contributed by atoms with Crippen LogP contribution in [0.25, 0.3) is 87.6 Å². The van der Waals surface area contributed by atoms with Crippen molar-refractivity contribution in [2.75, 3.05) is 0 Å². The molecule has 11 rings (SSSR count). The third-order valence-corrected chi connectivity index (χ3v) is 12.1. The van der Waals surface area contributed by atoms with Gasteiger partial charge in [-0.15, -0.1) is 0 Å². The molecule has 10 aromatic rings. The highest BCUT2D eigenvalue weighted by Gasteiger charge is 2.41. The summed E-state index contributed by atoms with van der Waals surface area (Å²) in [4.78, 5) is 0. The van der Waals surface area contributed by atoms with Crippen LogP contribution < -0.4 is 0 Å². The Balaban J connectivity index is 1.26. The Morgan fingerprint density at radius 2 is 0.889 bits per heavy atom. The van der Waals surface area contributed by atoms with Gasteiger partial charge < -0.3 is 0 Å². The summed E-state index contributed by atoms with van der Waals surface area (Å²) in [5.74, 6) is 0. The van der Waals surface area contributed by atoms with E-state index in [-0.39, 0.29) is 5.41 Å². The maximum atomic E-state index is 2.52. The van der Waals surface area contributed by atoms with Crippen LogP contribution in [0.15, 0.2) is 200 Å². The van der Waals surface area contributed by atoms with Crippen molar-refractivity contribution in [3.05, 3.63) is 217 Å². The molecule has 0 spiro atoms. The maximum absolute atomic E-state index is 2.52. The van der Waals surface area contributed by atoms with Gasteiger partial charge in [0.1, 0.15) is 0 Å². The Kier molecular flexibility index (Phi) is 6.78. The summed E-state index contributed by atoms with van der Waals surface area (Å²) < 4.78 is 0. The topological polar surface area (TPSA) is 0 Å². The van der Waals surface area contributed by atoms with E-state index in [1.165, 1.54) is 104 Å². The van der Waals surface area contributed by atoms with E-state index < -0.39 is 0 Å². The fraction of sp³-hybridized carbons (Fsp3) is 0.0370. The molecule has 0 saturated heterocycles. The lowest BCUT2D eigenvalue weighted by Gasteiger charge is -2.29. The van der Waals surface area contributed by atoms with Gasteiger partial charge in [-0.2, -0.15) is 0 Å². The van der Waals surface area contributed by atoms with Crippen molar-refractivity contribution in [1.82, 2.24) is 0 Å². The van der Waals surface area contributed by atoms with Crippen molar-refractivity contribution in [3.63, 3.8) is 0 Å². The maximum Gasteiger partial charge on any atom is 0.0435 e. The van der Waals surface area contributed by atoms with Crippen LogP contribution in [0.4, 0.5) is 0 Å². The van der Waals surface area contributed by atoms with Crippen LogP contribution in [0.5, 0.6) is 0 Å². The van der Waals surface area contributed by atoms with E-state index in [9.17, 15) is 0 Å². The van der Waals surface area contributed by atoms with Crippen molar-refractivity contribution >= 4 is 43.1 Å². The molecular weight excluding hydrogens is 649 g/mol. The Hall–Kier alpha value is -6.76. The Morgan fingerprint density at radius 3 is 1.65 bits per heavy atom. The largest absolute Gasteiger partial charge is 0.0622 e. The van der Waals surface area contributed by atoms with Crippen molar-refractivity contribution in [3.8, 4) is 44.5 Å². The molecule has 0 N–H and O–H groups in total. The lowest BCUT2D eigenvalue weighted by Crippen LogP contribution is -2.22. The van der Waals surface area contributed by atoms with E-state index in [0.29, 0.717) is 0 Å². The van der Waals surface area contributed by atoms with Crippen LogP contribution in [0, 0.1) is 0 Å². The summed E-state index contributed by atoms with van der Waals surface area (Å²) in [6, 6.07) is 74.4. The zero-order valence-corrected chi connectivity index (χ0v) is 30.1. The second-order valence-electron chi connectivity index (χ2n) is 14.9. The summed E-state index contributed by atoms with van der Waals surface area (Å²) in [6.45, 7) is 2.43. The zero-order chi connectivity index (χ0) is 35.8. The number of hydrogen-bond donors (Lipinski definition) is 0. The zero-order valence-electron chi connectivity index (χ0n) is 30.1. The fourth-order valence-corrected chi connectivity index (χ4v) is 9.56. The lowest BCUT2D eigenvalue weighted by molar-refractivity contribution is 0.715. The summed E-state index contributed by atoms with van der Waals surface area (Å²) in [5.41, 5.74) is 13.9. The molecule has 54 heavy (non-hydrogen) atoms. The molecular formula is C54H36. The fourth-order valence-electron chi connectivity index (χ4n) is 9.56. The molecule has 252 valence electrons. The molecule has 1 aliphatic rings. The standard InChI is InChI=1S/C54H36/c1-54(40-21-6-3-7-22-40)49-34-39(29-30-43(49)48-32-37-19-8-9-20-38(37)33-50(48)54)51-45-26-14-15-27-46(45)52(47-31-28-36-18-10-11-24-42(36)53(47)51)44-25-13-12-23-41(44)35-16-4-2-5-17-35/h2-34H,1H3. The van der Waals surface area contributed by atoms with Crippen molar-refractivity contribution in [2.24, 2.45) is 0 Å². The molecule has 1 aliphatic carbocycles. The number of fused-ring (bicyclic) bond motifs is 8. The molecule has 1 unspecified atom stereocenters. The highest BCUT2D eigenvalue weighted by atomic mass is 14.4. The first kappa shape index (κ1) is 30.8. The first-order chi connectivity index (χ1) is 26.7. The molecule has 0 heterocycles. The van der Waals surface area contributed by atoms with E-state index in [2.05, 4.69) is 207 Å². The molecule has 0 bridgehead atoms. The summed E-state index contributed by atoms with van der Waals surface area (Å²) in [6.07, 6.45) is 0. The number of benzene rings is 10. The molecule has 0 amide bonds. The van der Waals surface area contributed by atoms with Gasteiger partial charge >= 0.3 is 0 Å². The monoisotopic (exact) mass is 684 g/mol. The average molecular weight is 685 g/mol. The summed E-state index contributed by atoms with van der Waals surface area (Å²) in [7, 11) is 0. The van der Waals surface area contributed by atoms with Crippen LogP contribution in [0.1, 0.15) is 23.6 Å². The van der Waals surface area contributed by atoms with Gasteiger partial charge in [0.05, 0.1) is 0 Å². The van der Waals surface area contributed by atoms with E-state index in [4.69, 9.17) is 0 Å². The van der Waals surface area contributed by atoms with E-state index in [0.717, 1.165) is 0 Å². The van der Waals surface area contributed by atoms with Gasteiger partial charge in [-0.1, -0.05) is 182 Å². The molecule has 0 aromatic heterocycles. The van der Waals surface area contributed by atoms with Crippen molar-refractivity contribution in [1.29, 1.82) is 0 Å². The molecule has 0 aliphatic heterocycles. The van der Waals surface area contributed by atoms with Crippen molar-refractivity contribution in [2.45, 2.75) is 12.3 Å².